The van der Waals surface area contributed by atoms with Gasteiger partial charge in [0.15, 0.2) is 0 Å². The van der Waals surface area contributed by atoms with Gasteiger partial charge in [-0.25, -0.2) is 0 Å². The van der Waals surface area contributed by atoms with Gasteiger partial charge in [0, 0.05) is 6.04 Å². The molecule has 0 aromatic rings. The van der Waals surface area contributed by atoms with Crippen molar-refractivity contribution in [3.05, 3.63) is 0 Å². The van der Waals surface area contributed by atoms with Crippen molar-refractivity contribution in [3.63, 3.8) is 0 Å². The Bertz CT molecular complexity index is 176. The lowest BCUT2D eigenvalue weighted by Gasteiger charge is -2.11. The Morgan fingerprint density at radius 2 is 2.21 bits per heavy atom. The largest absolute Gasteiger partial charge is 0.316 e. The van der Waals surface area contributed by atoms with Crippen LogP contribution in [0.25, 0.3) is 0 Å². The monoisotopic (exact) mass is 196 g/mol. The molecule has 2 unspecified atom stereocenters. The van der Waals surface area contributed by atoms with Crippen molar-refractivity contribution >= 4 is 0 Å². The van der Waals surface area contributed by atoms with Gasteiger partial charge in [-0.1, -0.05) is 13.8 Å². The van der Waals surface area contributed by atoms with Crippen LogP contribution >= 0.6 is 0 Å². The Morgan fingerprint density at radius 3 is 2.79 bits per heavy atom. The minimum atomic E-state index is 0.638. The predicted molar refractivity (Wildman–Crippen MR) is 60.4 cm³/mol. The molecule has 1 aliphatic heterocycles. The third-order valence-electron chi connectivity index (χ3n) is 3.94. The summed E-state index contributed by atoms with van der Waals surface area (Å²) >= 11 is 0. The van der Waals surface area contributed by atoms with Gasteiger partial charge in [0.25, 0.3) is 0 Å². The summed E-state index contributed by atoms with van der Waals surface area (Å²) < 4.78 is 0. The van der Waals surface area contributed by atoms with E-state index in [9.17, 15) is 0 Å². The lowest BCUT2D eigenvalue weighted by atomic mass is 10.1. The van der Waals surface area contributed by atoms with E-state index in [1.165, 1.54) is 45.3 Å². The molecule has 14 heavy (non-hydrogen) atoms. The molecule has 0 radical (unpaired) electrons. The Hall–Kier alpha value is -0.0800. The second kappa shape index (κ2) is 4.19. The summed E-state index contributed by atoms with van der Waals surface area (Å²) in [5.41, 5.74) is 0.638. The van der Waals surface area contributed by atoms with Gasteiger partial charge in [0.1, 0.15) is 0 Å². The van der Waals surface area contributed by atoms with Crippen LogP contribution in [-0.2, 0) is 0 Å². The first-order valence-electron chi connectivity index (χ1n) is 6.12. The zero-order valence-electron chi connectivity index (χ0n) is 9.60. The summed E-state index contributed by atoms with van der Waals surface area (Å²) in [4.78, 5) is 0. The minimum absolute atomic E-state index is 0.638. The molecule has 0 amide bonds. The highest BCUT2D eigenvalue weighted by Crippen LogP contribution is 2.50. The van der Waals surface area contributed by atoms with Crippen LogP contribution in [0.1, 0.15) is 39.5 Å². The first-order valence-corrected chi connectivity index (χ1v) is 6.12. The molecule has 2 aliphatic rings. The first-order chi connectivity index (χ1) is 6.68. The first kappa shape index (κ1) is 10.4. The second-order valence-electron chi connectivity index (χ2n) is 5.68. The van der Waals surface area contributed by atoms with E-state index in [1.807, 2.05) is 0 Å². The highest BCUT2D eigenvalue weighted by Gasteiger charge is 2.44. The molecule has 1 heterocycles. The average molecular weight is 196 g/mol. The molecule has 1 saturated carbocycles. The van der Waals surface area contributed by atoms with Gasteiger partial charge in [-0.3, -0.25) is 0 Å². The van der Waals surface area contributed by atoms with E-state index in [4.69, 9.17) is 0 Å². The van der Waals surface area contributed by atoms with Crippen LogP contribution in [0.4, 0.5) is 0 Å². The minimum Gasteiger partial charge on any atom is -0.316 e. The zero-order chi connectivity index (χ0) is 10.0. The maximum absolute atomic E-state index is 3.59. The summed E-state index contributed by atoms with van der Waals surface area (Å²) in [6.45, 7) is 8.42. The van der Waals surface area contributed by atoms with Crippen LogP contribution in [0.5, 0.6) is 0 Å². The molecule has 2 N–H and O–H groups in total. The van der Waals surface area contributed by atoms with Crippen molar-refractivity contribution in [1.82, 2.24) is 10.6 Å². The highest BCUT2D eigenvalue weighted by atomic mass is 15.0. The molecule has 2 rings (SSSR count). The van der Waals surface area contributed by atoms with Gasteiger partial charge in [-0.15, -0.1) is 0 Å². The van der Waals surface area contributed by atoms with Crippen LogP contribution < -0.4 is 10.6 Å². The molecule has 0 bridgehead atoms. The van der Waals surface area contributed by atoms with Crippen molar-refractivity contribution in [2.45, 2.75) is 45.6 Å². The average Bonchev–Trinajstić information content (AvgIpc) is 2.60. The topological polar surface area (TPSA) is 24.1 Å². The fourth-order valence-corrected chi connectivity index (χ4v) is 2.48. The van der Waals surface area contributed by atoms with Crippen LogP contribution in [0, 0.1) is 11.3 Å². The smallest absolute Gasteiger partial charge is 0.00796 e. The number of hydrogen-bond acceptors (Lipinski definition) is 2. The standard InChI is InChI=1S/C12H24N2/c1-12(2)8-10(12)9-13-7-5-11-4-3-6-14-11/h10-11,13-14H,3-9H2,1-2H3. The van der Waals surface area contributed by atoms with E-state index < -0.39 is 0 Å². The quantitative estimate of drug-likeness (QED) is 0.655. The molecule has 2 heteroatoms. The molecule has 0 aromatic heterocycles. The molecular formula is C12H24N2. The van der Waals surface area contributed by atoms with E-state index in [1.54, 1.807) is 0 Å². The Labute approximate surface area is 87.8 Å². The van der Waals surface area contributed by atoms with E-state index in [2.05, 4.69) is 24.5 Å². The fraction of sp³-hybridized carbons (Fsp3) is 1.00. The van der Waals surface area contributed by atoms with Crippen molar-refractivity contribution in [3.8, 4) is 0 Å². The summed E-state index contributed by atoms with van der Waals surface area (Å²) in [6, 6.07) is 0.801. The van der Waals surface area contributed by atoms with E-state index >= 15 is 0 Å². The van der Waals surface area contributed by atoms with Crippen LogP contribution in [0.3, 0.4) is 0 Å². The van der Waals surface area contributed by atoms with Crippen molar-refractivity contribution in [2.24, 2.45) is 11.3 Å². The van der Waals surface area contributed by atoms with E-state index in [0.29, 0.717) is 5.41 Å². The summed E-state index contributed by atoms with van der Waals surface area (Å²) in [5.74, 6) is 0.944. The van der Waals surface area contributed by atoms with Crippen molar-refractivity contribution in [1.29, 1.82) is 0 Å². The van der Waals surface area contributed by atoms with Crippen molar-refractivity contribution < 1.29 is 0 Å². The van der Waals surface area contributed by atoms with Crippen molar-refractivity contribution in [2.75, 3.05) is 19.6 Å². The number of nitrogens with one attached hydrogen (secondary N) is 2. The summed E-state index contributed by atoms with van der Waals surface area (Å²) in [5, 5.41) is 7.13. The molecule has 2 nitrogen and oxygen atoms in total. The van der Waals surface area contributed by atoms with Gasteiger partial charge in [-0.2, -0.15) is 0 Å². The predicted octanol–water partition coefficient (Wildman–Crippen LogP) is 1.76. The van der Waals surface area contributed by atoms with Crippen LogP contribution in [-0.4, -0.2) is 25.7 Å². The van der Waals surface area contributed by atoms with E-state index in [-0.39, 0.29) is 0 Å². The maximum atomic E-state index is 3.59. The molecular weight excluding hydrogens is 172 g/mol. The van der Waals surface area contributed by atoms with Gasteiger partial charge in [0.2, 0.25) is 0 Å². The third kappa shape index (κ3) is 2.71. The molecule has 1 saturated heterocycles. The molecule has 0 aromatic carbocycles. The summed E-state index contributed by atoms with van der Waals surface area (Å²) in [6.07, 6.45) is 5.49. The van der Waals surface area contributed by atoms with Gasteiger partial charge >= 0.3 is 0 Å². The maximum Gasteiger partial charge on any atom is 0.00796 e. The molecule has 2 atom stereocenters. The summed E-state index contributed by atoms with van der Waals surface area (Å²) in [7, 11) is 0. The molecule has 82 valence electrons. The molecule has 1 aliphatic carbocycles. The Balaban J connectivity index is 1.48. The Kier molecular flexibility index (Phi) is 3.13. The third-order valence-corrected chi connectivity index (χ3v) is 3.94. The Morgan fingerprint density at radius 1 is 1.43 bits per heavy atom. The number of rotatable bonds is 5. The highest BCUT2D eigenvalue weighted by molar-refractivity contribution is 4.96. The molecule has 0 spiro atoms. The van der Waals surface area contributed by atoms with E-state index in [0.717, 1.165) is 12.0 Å². The number of hydrogen-bond donors (Lipinski definition) is 2. The lowest BCUT2D eigenvalue weighted by Crippen LogP contribution is -2.28. The fourth-order valence-electron chi connectivity index (χ4n) is 2.48. The SMILES string of the molecule is CC1(C)CC1CNCCC1CCCN1. The lowest BCUT2D eigenvalue weighted by molar-refractivity contribution is 0.485. The van der Waals surface area contributed by atoms with Gasteiger partial charge < -0.3 is 10.6 Å². The van der Waals surface area contributed by atoms with Gasteiger partial charge in [0.05, 0.1) is 0 Å². The molecule has 2 fully saturated rings. The van der Waals surface area contributed by atoms with Gasteiger partial charge in [-0.05, 0) is 56.7 Å². The normalized spacial score (nSPS) is 34.7. The second-order valence-corrected chi connectivity index (χ2v) is 5.68. The zero-order valence-corrected chi connectivity index (χ0v) is 9.60. The van der Waals surface area contributed by atoms with Crippen LogP contribution in [0.15, 0.2) is 0 Å². The van der Waals surface area contributed by atoms with Crippen LogP contribution in [0.2, 0.25) is 0 Å².